The van der Waals surface area contributed by atoms with E-state index < -0.39 is 0 Å². The maximum atomic E-state index is 4.20. The van der Waals surface area contributed by atoms with E-state index in [9.17, 15) is 0 Å². The van der Waals surface area contributed by atoms with Crippen molar-refractivity contribution in [2.45, 2.75) is 16.6 Å². The summed E-state index contributed by atoms with van der Waals surface area (Å²) in [5, 5.41) is 2.03. The third-order valence-corrected chi connectivity index (χ3v) is 6.64. The van der Waals surface area contributed by atoms with Gasteiger partial charge in [-0.1, -0.05) is 43.0 Å². The van der Waals surface area contributed by atoms with Crippen LogP contribution in [-0.4, -0.2) is 5.25 Å². The molecule has 1 atom stereocenters. The molecule has 1 aliphatic carbocycles. The molecule has 21 heavy (non-hydrogen) atoms. The van der Waals surface area contributed by atoms with Crippen LogP contribution in [0.3, 0.4) is 0 Å². The summed E-state index contributed by atoms with van der Waals surface area (Å²) in [6.45, 7) is 3.78. The molecule has 0 amide bonds. The van der Waals surface area contributed by atoms with E-state index in [2.05, 4.69) is 61.7 Å². The number of thiophene rings is 1. The van der Waals surface area contributed by atoms with Crippen LogP contribution in [0.2, 0.25) is 0 Å². The fraction of sp³-hybridized carbons (Fsp3) is 0.111. The SMILES string of the molecule is C=C(S)/C=C/c1ccc2c3c(sc2c1)C1=CC=CCC1S3. The van der Waals surface area contributed by atoms with Gasteiger partial charge >= 0.3 is 0 Å². The minimum absolute atomic E-state index is 0.632. The molecule has 2 heterocycles. The number of rotatable bonds is 2. The monoisotopic (exact) mass is 326 g/mol. The quantitative estimate of drug-likeness (QED) is 0.508. The Morgan fingerprint density at radius 2 is 2.29 bits per heavy atom. The van der Waals surface area contributed by atoms with E-state index in [0.29, 0.717) is 5.25 Å². The average molecular weight is 327 g/mol. The summed E-state index contributed by atoms with van der Waals surface area (Å²) < 4.78 is 1.37. The Morgan fingerprint density at radius 1 is 1.38 bits per heavy atom. The molecule has 104 valence electrons. The molecular weight excluding hydrogens is 312 g/mol. The van der Waals surface area contributed by atoms with Gasteiger partial charge < -0.3 is 0 Å². The third-order valence-electron chi connectivity index (χ3n) is 3.77. The van der Waals surface area contributed by atoms with Gasteiger partial charge in [0.15, 0.2) is 0 Å². The number of allylic oxidation sites excluding steroid dienone is 4. The highest BCUT2D eigenvalue weighted by molar-refractivity contribution is 8.01. The van der Waals surface area contributed by atoms with Crippen LogP contribution < -0.4 is 0 Å². The molecule has 1 unspecified atom stereocenters. The van der Waals surface area contributed by atoms with Gasteiger partial charge in [-0.15, -0.1) is 35.7 Å². The van der Waals surface area contributed by atoms with E-state index in [-0.39, 0.29) is 0 Å². The van der Waals surface area contributed by atoms with Crippen LogP contribution in [0.1, 0.15) is 16.9 Å². The molecule has 1 aromatic carbocycles. The van der Waals surface area contributed by atoms with Crippen LogP contribution in [-0.2, 0) is 0 Å². The lowest BCUT2D eigenvalue weighted by molar-refractivity contribution is 1.09. The zero-order valence-corrected chi connectivity index (χ0v) is 13.9. The molecule has 3 heteroatoms. The molecule has 2 aromatic rings. The predicted octanol–water partition coefficient (Wildman–Crippen LogP) is 6.18. The number of thioether (sulfide) groups is 1. The van der Waals surface area contributed by atoms with Gasteiger partial charge in [0.25, 0.3) is 0 Å². The minimum atomic E-state index is 0.632. The highest BCUT2D eigenvalue weighted by Gasteiger charge is 2.31. The van der Waals surface area contributed by atoms with Crippen molar-refractivity contribution in [3.8, 4) is 0 Å². The summed E-state index contributed by atoms with van der Waals surface area (Å²) in [7, 11) is 0. The lowest BCUT2D eigenvalue weighted by atomic mass is 10.0. The van der Waals surface area contributed by atoms with E-state index in [1.165, 1.54) is 31.0 Å². The van der Waals surface area contributed by atoms with Crippen molar-refractivity contribution in [2.75, 3.05) is 0 Å². The van der Waals surface area contributed by atoms with Crippen molar-refractivity contribution >= 4 is 57.5 Å². The molecule has 4 rings (SSSR count). The Morgan fingerprint density at radius 3 is 3.14 bits per heavy atom. The van der Waals surface area contributed by atoms with Crippen LogP contribution in [0.4, 0.5) is 0 Å². The molecule has 0 nitrogen and oxygen atoms in total. The highest BCUT2D eigenvalue weighted by Crippen LogP contribution is 2.54. The highest BCUT2D eigenvalue weighted by atomic mass is 32.2. The average Bonchev–Trinajstić information content (AvgIpc) is 3.00. The van der Waals surface area contributed by atoms with Crippen molar-refractivity contribution in [3.63, 3.8) is 0 Å². The van der Waals surface area contributed by atoms with Gasteiger partial charge in [0.1, 0.15) is 0 Å². The van der Waals surface area contributed by atoms with E-state index >= 15 is 0 Å². The molecule has 0 N–H and O–H groups in total. The van der Waals surface area contributed by atoms with Gasteiger partial charge in [0, 0.05) is 25.1 Å². The lowest BCUT2D eigenvalue weighted by Gasteiger charge is -2.11. The van der Waals surface area contributed by atoms with Crippen LogP contribution in [0.5, 0.6) is 0 Å². The van der Waals surface area contributed by atoms with Crippen molar-refractivity contribution in [2.24, 2.45) is 0 Å². The molecule has 0 saturated carbocycles. The summed E-state index contributed by atoms with van der Waals surface area (Å²) in [5.41, 5.74) is 2.72. The number of thiol groups is 1. The Labute approximate surface area is 138 Å². The van der Waals surface area contributed by atoms with Crippen molar-refractivity contribution in [1.29, 1.82) is 0 Å². The summed E-state index contributed by atoms with van der Waals surface area (Å²) in [4.78, 5) is 3.73. The normalized spacial score (nSPS) is 19.9. The van der Waals surface area contributed by atoms with Crippen LogP contribution in [0.15, 0.2) is 58.9 Å². The second kappa shape index (κ2) is 5.24. The summed E-state index contributed by atoms with van der Waals surface area (Å²) in [6, 6.07) is 6.70. The fourth-order valence-corrected chi connectivity index (χ4v) is 5.83. The third kappa shape index (κ3) is 2.33. The first-order valence-electron chi connectivity index (χ1n) is 6.88. The fourth-order valence-electron chi connectivity index (χ4n) is 2.78. The molecule has 1 aromatic heterocycles. The van der Waals surface area contributed by atoms with Crippen LogP contribution >= 0.6 is 35.7 Å². The smallest absolute Gasteiger partial charge is 0.0462 e. The second-order valence-corrected chi connectivity index (χ2v) is 8.07. The molecule has 0 saturated heterocycles. The zero-order chi connectivity index (χ0) is 14.4. The topological polar surface area (TPSA) is 0 Å². The Balaban J connectivity index is 1.81. The minimum Gasteiger partial charge on any atom is -0.144 e. The Kier molecular flexibility index (Phi) is 3.37. The Hall–Kier alpha value is -1.16. The van der Waals surface area contributed by atoms with Gasteiger partial charge in [-0.3, -0.25) is 0 Å². The maximum absolute atomic E-state index is 4.20. The molecule has 0 radical (unpaired) electrons. The van der Waals surface area contributed by atoms with Gasteiger partial charge in [-0.25, -0.2) is 0 Å². The number of benzene rings is 1. The number of fused-ring (bicyclic) bond motifs is 5. The maximum Gasteiger partial charge on any atom is 0.0462 e. The summed E-state index contributed by atoms with van der Waals surface area (Å²) in [6.07, 6.45) is 11.9. The summed E-state index contributed by atoms with van der Waals surface area (Å²) >= 11 is 8.15. The predicted molar refractivity (Wildman–Crippen MR) is 100 cm³/mol. The Bertz CT molecular complexity index is 834. The first-order chi connectivity index (χ1) is 10.2. The molecule has 1 aliphatic heterocycles. The molecule has 0 fully saturated rings. The number of hydrogen-bond donors (Lipinski definition) is 1. The van der Waals surface area contributed by atoms with E-state index in [1.54, 1.807) is 0 Å². The lowest BCUT2D eigenvalue weighted by Crippen LogP contribution is -1.99. The van der Waals surface area contributed by atoms with Gasteiger partial charge in [0.05, 0.1) is 0 Å². The van der Waals surface area contributed by atoms with Crippen molar-refractivity contribution in [3.05, 3.63) is 64.4 Å². The van der Waals surface area contributed by atoms with Crippen LogP contribution in [0.25, 0.3) is 21.7 Å². The van der Waals surface area contributed by atoms with E-state index in [1.807, 2.05) is 29.2 Å². The van der Waals surface area contributed by atoms with Crippen LogP contribution in [0, 0.1) is 0 Å². The molecular formula is C18H14S3. The van der Waals surface area contributed by atoms with Crippen molar-refractivity contribution < 1.29 is 0 Å². The number of hydrogen-bond acceptors (Lipinski definition) is 3. The van der Waals surface area contributed by atoms with E-state index in [4.69, 9.17) is 0 Å². The van der Waals surface area contributed by atoms with Gasteiger partial charge in [-0.2, -0.15) is 0 Å². The largest absolute Gasteiger partial charge is 0.144 e. The first-order valence-corrected chi connectivity index (χ1v) is 9.03. The van der Waals surface area contributed by atoms with E-state index in [0.717, 1.165) is 11.3 Å². The van der Waals surface area contributed by atoms with Gasteiger partial charge in [0.2, 0.25) is 0 Å². The standard InChI is InChI=1S/C18H14S3/c1-11(19)6-7-12-8-9-14-16(10-12)21-17-13-4-2-3-5-15(13)20-18(14)17/h2-4,6-10,15,19H,1,5H2/b7-6+. The summed E-state index contributed by atoms with van der Waals surface area (Å²) in [5.74, 6) is 0. The first kappa shape index (κ1) is 13.5. The van der Waals surface area contributed by atoms with Crippen molar-refractivity contribution in [1.82, 2.24) is 0 Å². The van der Waals surface area contributed by atoms with Gasteiger partial charge in [-0.05, 0) is 34.6 Å². The molecule has 2 aliphatic rings. The second-order valence-electron chi connectivity index (χ2n) is 5.23. The molecule has 0 bridgehead atoms. The zero-order valence-electron chi connectivity index (χ0n) is 11.4. The molecule has 0 spiro atoms.